The number of para-hydroxylation sites is 1. The molecule has 0 fully saturated rings. The Hall–Kier alpha value is -2.56. The van der Waals surface area contributed by atoms with Crippen molar-refractivity contribution in [2.24, 2.45) is 5.92 Å². The third-order valence-corrected chi connectivity index (χ3v) is 5.22. The maximum atomic E-state index is 11.0. The number of fused-ring (bicyclic) bond motifs is 4. The van der Waals surface area contributed by atoms with E-state index in [0.29, 0.717) is 12.4 Å². The standard InChI is InChI=1S/C18H18N2O3/c1-18(2)13-5-3-4-6-15(13)19-17-12-8-7-11(20(21)22)9-16(12)23-10-14(17)18/h3-9,14,17,19H,10H2,1-2H3/t14-,17-/m1/s1. The molecule has 118 valence electrons. The van der Waals surface area contributed by atoms with Crippen LogP contribution in [0.2, 0.25) is 0 Å². The molecule has 0 saturated carbocycles. The highest BCUT2D eigenvalue weighted by molar-refractivity contribution is 5.61. The molecule has 2 aliphatic heterocycles. The van der Waals surface area contributed by atoms with Crippen LogP contribution < -0.4 is 10.1 Å². The zero-order chi connectivity index (χ0) is 16.2. The maximum absolute atomic E-state index is 11.0. The fourth-order valence-electron chi connectivity index (χ4n) is 3.85. The van der Waals surface area contributed by atoms with Gasteiger partial charge in [0.25, 0.3) is 5.69 Å². The Bertz CT molecular complexity index is 801. The number of nitro benzene ring substituents is 1. The minimum absolute atomic E-state index is 0.0357. The zero-order valence-electron chi connectivity index (χ0n) is 13.1. The van der Waals surface area contributed by atoms with Crippen LogP contribution in [0.25, 0.3) is 0 Å². The predicted octanol–water partition coefficient (Wildman–Crippen LogP) is 4.05. The van der Waals surface area contributed by atoms with Gasteiger partial charge in [-0.25, -0.2) is 0 Å². The Morgan fingerprint density at radius 3 is 2.83 bits per heavy atom. The Kier molecular flexibility index (Phi) is 2.88. The van der Waals surface area contributed by atoms with Crippen molar-refractivity contribution in [1.82, 2.24) is 0 Å². The summed E-state index contributed by atoms with van der Waals surface area (Å²) in [5.41, 5.74) is 3.44. The Balaban J connectivity index is 1.82. The van der Waals surface area contributed by atoms with Crippen molar-refractivity contribution in [3.8, 4) is 5.75 Å². The first-order chi connectivity index (χ1) is 11.0. The summed E-state index contributed by atoms with van der Waals surface area (Å²) in [7, 11) is 0. The molecule has 4 rings (SSSR count). The number of hydrogen-bond donors (Lipinski definition) is 1. The second kappa shape index (κ2) is 4.72. The number of nitrogens with one attached hydrogen (secondary N) is 1. The number of nitro groups is 1. The molecule has 2 heterocycles. The lowest BCUT2D eigenvalue weighted by molar-refractivity contribution is -0.385. The Morgan fingerprint density at radius 2 is 2.04 bits per heavy atom. The SMILES string of the molecule is CC1(C)c2ccccc2N[C@@H]2c3ccc([N+](=O)[O-])cc3OC[C@H]21. The van der Waals surface area contributed by atoms with E-state index in [1.165, 1.54) is 11.6 Å². The first kappa shape index (κ1) is 14.1. The largest absolute Gasteiger partial charge is 0.493 e. The summed E-state index contributed by atoms with van der Waals surface area (Å²) in [6, 6.07) is 13.3. The quantitative estimate of drug-likeness (QED) is 0.637. The first-order valence-corrected chi connectivity index (χ1v) is 7.75. The van der Waals surface area contributed by atoms with Crippen LogP contribution in [0.1, 0.15) is 31.0 Å². The minimum atomic E-state index is -0.386. The van der Waals surface area contributed by atoms with Crippen LogP contribution in [0.4, 0.5) is 11.4 Å². The van der Waals surface area contributed by atoms with Gasteiger partial charge in [0.1, 0.15) is 5.75 Å². The van der Waals surface area contributed by atoms with E-state index in [9.17, 15) is 10.1 Å². The smallest absolute Gasteiger partial charge is 0.273 e. The van der Waals surface area contributed by atoms with Gasteiger partial charge in [-0.05, 0) is 17.7 Å². The summed E-state index contributed by atoms with van der Waals surface area (Å²) in [5, 5.41) is 14.6. The van der Waals surface area contributed by atoms with E-state index in [2.05, 4.69) is 37.4 Å². The molecule has 2 aromatic rings. The van der Waals surface area contributed by atoms with Gasteiger partial charge in [0.15, 0.2) is 0 Å². The Labute approximate surface area is 134 Å². The molecule has 0 aromatic heterocycles. The molecule has 0 bridgehead atoms. The van der Waals surface area contributed by atoms with Gasteiger partial charge in [-0.3, -0.25) is 10.1 Å². The normalized spacial score (nSPS) is 23.6. The molecule has 2 atom stereocenters. The summed E-state index contributed by atoms with van der Waals surface area (Å²) in [6.45, 7) is 5.03. The van der Waals surface area contributed by atoms with Crippen molar-refractivity contribution >= 4 is 11.4 Å². The lowest BCUT2D eigenvalue weighted by atomic mass is 9.65. The van der Waals surface area contributed by atoms with Crippen LogP contribution in [0.3, 0.4) is 0 Å². The average Bonchev–Trinajstić information content (AvgIpc) is 2.54. The molecule has 0 aliphatic carbocycles. The third kappa shape index (κ3) is 2.00. The number of non-ortho nitro benzene ring substituents is 1. The highest BCUT2D eigenvalue weighted by Gasteiger charge is 2.46. The van der Waals surface area contributed by atoms with Crippen molar-refractivity contribution in [1.29, 1.82) is 0 Å². The van der Waals surface area contributed by atoms with Crippen LogP contribution in [0, 0.1) is 16.0 Å². The molecule has 0 amide bonds. The highest BCUT2D eigenvalue weighted by atomic mass is 16.6. The zero-order valence-corrected chi connectivity index (χ0v) is 13.1. The summed E-state index contributed by atoms with van der Waals surface area (Å²) in [4.78, 5) is 10.6. The van der Waals surface area contributed by atoms with Gasteiger partial charge in [-0.15, -0.1) is 0 Å². The molecule has 0 unspecified atom stereocenters. The van der Waals surface area contributed by atoms with Gasteiger partial charge in [0.2, 0.25) is 0 Å². The average molecular weight is 310 g/mol. The molecule has 0 radical (unpaired) electrons. The first-order valence-electron chi connectivity index (χ1n) is 7.75. The predicted molar refractivity (Wildman–Crippen MR) is 87.9 cm³/mol. The van der Waals surface area contributed by atoms with E-state index in [4.69, 9.17) is 4.74 Å². The molecule has 1 N–H and O–H groups in total. The summed E-state index contributed by atoms with van der Waals surface area (Å²) in [5.74, 6) is 0.884. The van der Waals surface area contributed by atoms with Gasteiger partial charge >= 0.3 is 0 Å². The summed E-state index contributed by atoms with van der Waals surface area (Å²) >= 11 is 0. The molecule has 2 aliphatic rings. The van der Waals surface area contributed by atoms with Crippen molar-refractivity contribution in [2.45, 2.75) is 25.3 Å². The topological polar surface area (TPSA) is 64.4 Å². The number of rotatable bonds is 1. The highest BCUT2D eigenvalue weighted by Crippen LogP contribution is 2.52. The number of ether oxygens (including phenoxy) is 1. The van der Waals surface area contributed by atoms with Gasteiger partial charge in [0, 0.05) is 28.7 Å². The van der Waals surface area contributed by atoms with Crippen molar-refractivity contribution in [2.75, 3.05) is 11.9 Å². The second-order valence-corrected chi connectivity index (χ2v) is 6.79. The molecule has 5 heteroatoms. The van der Waals surface area contributed by atoms with Crippen LogP contribution in [-0.2, 0) is 5.41 Å². The van der Waals surface area contributed by atoms with Crippen molar-refractivity contribution < 1.29 is 9.66 Å². The minimum Gasteiger partial charge on any atom is -0.493 e. The van der Waals surface area contributed by atoms with E-state index >= 15 is 0 Å². The van der Waals surface area contributed by atoms with E-state index in [1.54, 1.807) is 6.07 Å². The molecular weight excluding hydrogens is 292 g/mol. The van der Waals surface area contributed by atoms with E-state index in [0.717, 1.165) is 11.3 Å². The van der Waals surface area contributed by atoms with E-state index in [1.807, 2.05) is 12.1 Å². The number of anilines is 1. The van der Waals surface area contributed by atoms with Gasteiger partial charge in [0.05, 0.1) is 23.6 Å². The number of hydrogen-bond acceptors (Lipinski definition) is 4. The molecule has 2 aromatic carbocycles. The fourth-order valence-corrected chi connectivity index (χ4v) is 3.85. The van der Waals surface area contributed by atoms with Gasteiger partial charge in [-0.2, -0.15) is 0 Å². The lowest BCUT2D eigenvalue weighted by Crippen LogP contribution is -2.46. The number of benzene rings is 2. The molecule has 23 heavy (non-hydrogen) atoms. The molecule has 5 nitrogen and oxygen atoms in total. The monoisotopic (exact) mass is 310 g/mol. The van der Waals surface area contributed by atoms with Crippen LogP contribution in [0.15, 0.2) is 42.5 Å². The summed E-state index contributed by atoms with van der Waals surface area (Å²) < 4.78 is 5.89. The molecule has 0 saturated heterocycles. The van der Waals surface area contributed by atoms with Gasteiger partial charge in [-0.1, -0.05) is 32.0 Å². The fraction of sp³-hybridized carbons (Fsp3) is 0.333. The van der Waals surface area contributed by atoms with E-state index < -0.39 is 0 Å². The lowest BCUT2D eigenvalue weighted by Gasteiger charge is -2.48. The second-order valence-electron chi connectivity index (χ2n) is 6.79. The molecule has 0 spiro atoms. The molecular formula is C18H18N2O3. The van der Waals surface area contributed by atoms with Crippen molar-refractivity contribution in [3.63, 3.8) is 0 Å². The van der Waals surface area contributed by atoms with E-state index in [-0.39, 0.29) is 28.0 Å². The summed E-state index contributed by atoms with van der Waals surface area (Å²) in [6.07, 6.45) is 0. The third-order valence-electron chi connectivity index (χ3n) is 5.22. The van der Waals surface area contributed by atoms with Crippen LogP contribution in [0.5, 0.6) is 5.75 Å². The number of nitrogens with zero attached hydrogens (tertiary/aromatic N) is 1. The van der Waals surface area contributed by atoms with Crippen LogP contribution in [-0.4, -0.2) is 11.5 Å². The van der Waals surface area contributed by atoms with Crippen LogP contribution >= 0.6 is 0 Å². The van der Waals surface area contributed by atoms with Gasteiger partial charge < -0.3 is 10.1 Å². The van der Waals surface area contributed by atoms with Crippen molar-refractivity contribution in [3.05, 3.63) is 63.7 Å². The Morgan fingerprint density at radius 1 is 1.26 bits per heavy atom. The maximum Gasteiger partial charge on any atom is 0.273 e.